The molecule has 0 aliphatic carbocycles. The third-order valence-electron chi connectivity index (χ3n) is 6.01. The number of likely N-dealkylation sites (tertiary alicyclic amines) is 1. The third-order valence-corrected chi connectivity index (χ3v) is 6.01. The summed E-state index contributed by atoms with van der Waals surface area (Å²) < 4.78 is 53.0. The molecule has 2 aromatic rings. The van der Waals surface area contributed by atoms with Gasteiger partial charge in [0.25, 0.3) is 0 Å². The number of hydrogen-bond acceptors (Lipinski definition) is 4. The highest BCUT2D eigenvalue weighted by Gasteiger charge is 2.32. The number of carbonyl (C=O) groups is 2. The number of carbonyl (C=O) groups excluding carboxylic acids is 2. The quantitative estimate of drug-likeness (QED) is 0.442. The van der Waals surface area contributed by atoms with Crippen LogP contribution in [0.2, 0.25) is 0 Å². The standard InChI is InChI=1S/C28H36F3N3O4/c1-18(2)37-22-9-6-19(7-10-22)16-32-26(35)34(17-20-8-11-23(29)25(31)24(20)30)21-12-14-33(15-13-21)27(36)38-28(3,4)5/h6-11,18,21H,12-17H2,1-5H3,(H,32,35). The number of benzene rings is 2. The summed E-state index contributed by atoms with van der Waals surface area (Å²) in [6, 6.07) is 8.42. The van der Waals surface area contributed by atoms with Crippen LogP contribution in [0.25, 0.3) is 0 Å². The SMILES string of the molecule is CC(C)Oc1ccc(CNC(=O)N(Cc2ccc(F)c(F)c2F)C2CCN(C(=O)OC(C)(C)C)CC2)cc1. The van der Waals surface area contributed by atoms with E-state index < -0.39 is 35.2 Å². The second-order valence-electron chi connectivity index (χ2n) is 10.6. The van der Waals surface area contributed by atoms with E-state index in [4.69, 9.17) is 9.47 Å². The number of urea groups is 1. The average molecular weight is 536 g/mol. The van der Waals surface area contributed by atoms with E-state index in [1.54, 1.807) is 25.7 Å². The fourth-order valence-corrected chi connectivity index (χ4v) is 4.16. The molecule has 0 atom stereocenters. The van der Waals surface area contributed by atoms with Crippen LogP contribution < -0.4 is 10.1 Å². The largest absolute Gasteiger partial charge is 0.491 e. The molecule has 3 rings (SSSR count). The maximum absolute atomic E-state index is 14.5. The first-order valence-electron chi connectivity index (χ1n) is 12.7. The van der Waals surface area contributed by atoms with Gasteiger partial charge in [0.15, 0.2) is 17.5 Å². The van der Waals surface area contributed by atoms with E-state index >= 15 is 0 Å². The van der Waals surface area contributed by atoms with E-state index in [0.29, 0.717) is 31.7 Å². The van der Waals surface area contributed by atoms with Gasteiger partial charge >= 0.3 is 12.1 Å². The van der Waals surface area contributed by atoms with Crippen molar-refractivity contribution in [3.8, 4) is 5.75 Å². The Balaban J connectivity index is 1.72. The van der Waals surface area contributed by atoms with Gasteiger partial charge in [-0.2, -0.15) is 0 Å². The first-order valence-corrected chi connectivity index (χ1v) is 12.7. The summed E-state index contributed by atoms with van der Waals surface area (Å²) in [4.78, 5) is 28.7. The predicted molar refractivity (Wildman–Crippen MR) is 137 cm³/mol. The fraction of sp³-hybridized carbons (Fsp3) is 0.500. The van der Waals surface area contributed by atoms with Crippen LogP contribution in [0.15, 0.2) is 36.4 Å². The minimum absolute atomic E-state index is 0.0348. The van der Waals surface area contributed by atoms with Crippen molar-refractivity contribution in [2.24, 2.45) is 0 Å². The topological polar surface area (TPSA) is 71.1 Å². The van der Waals surface area contributed by atoms with Crippen molar-refractivity contribution in [1.82, 2.24) is 15.1 Å². The Hall–Kier alpha value is -3.43. The number of piperidine rings is 1. The lowest BCUT2D eigenvalue weighted by Crippen LogP contribution is -2.51. The minimum atomic E-state index is -1.58. The molecule has 1 N–H and O–H groups in total. The molecule has 1 aliphatic heterocycles. The van der Waals surface area contributed by atoms with Gasteiger partial charge in [0.1, 0.15) is 11.4 Å². The highest BCUT2D eigenvalue weighted by molar-refractivity contribution is 5.75. The van der Waals surface area contributed by atoms with E-state index in [1.165, 1.54) is 4.90 Å². The summed E-state index contributed by atoms with van der Waals surface area (Å²) in [5.41, 5.74) is 0.0559. The molecule has 0 aromatic heterocycles. The maximum atomic E-state index is 14.5. The summed E-state index contributed by atoms with van der Waals surface area (Å²) in [5, 5.41) is 2.84. The highest BCUT2D eigenvalue weighted by atomic mass is 19.2. The molecular formula is C28H36F3N3O4. The van der Waals surface area contributed by atoms with Crippen LogP contribution in [0.5, 0.6) is 5.75 Å². The molecule has 3 amide bonds. The Labute approximate surface area is 221 Å². The van der Waals surface area contributed by atoms with Gasteiger partial charge in [-0.1, -0.05) is 18.2 Å². The predicted octanol–water partition coefficient (Wildman–Crippen LogP) is 6.00. The summed E-state index contributed by atoms with van der Waals surface area (Å²) in [5.74, 6) is -3.49. The number of nitrogens with zero attached hydrogens (tertiary/aromatic N) is 2. The van der Waals surface area contributed by atoms with Crippen molar-refractivity contribution in [2.75, 3.05) is 13.1 Å². The maximum Gasteiger partial charge on any atom is 0.410 e. The second-order valence-corrected chi connectivity index (χ2v) is 10.6. The average Bonchev–Trinajstić information content (AvgIpc) is 2.85. The van der Waals surface area contributed by atoms with Gasteiger partial charge in [0.2, 0.25) is 0 Å². The molecule has 1 saturated heterocycles. The van der Waals surface area contributed by atoms with Gasteiger partial charge in [-0.25, -0.2) is 22.8 Å². The van der Waals surface area contributed by atoms with Crippen LogP contribution in [-0.4, -0.2) is 52.8 Å². The molecular weight excluding hydrogens is 499 g/mol. The van der Waals surface area contributed by atoms with Crippen molar-refractivity contribution in [3.63, 3.8) is 0 Å². The van der Waals surface area contributed by atoms with Crippen LogP contribution in [0.3, 0.4) is 0 Å². The van der Waals surface area contributed by atoms with Gasteiger partial charge in [0.05, 0.1) is 12.6 Å². The molecule has 1 fully saturated rings. The van der Waals surface area contributed by atoms with Crippen LogP contribution in [0, 0.1) is 17.5 Å². The number of rotatable bonds is 7. The minimum Gasteiger partial charge on any atom is -0.491 e. The highest BCUT2D eigenvalue weighted by Crippen LogP contribution is 2.24. The summed E-state index contributed by atoms with van der Waals surface area (Å²) >= 11 is 0. The lowest BCUT2D eigenvalue weighted by Gasteiger charge is -2.39. The van der Waals surface area contributed by atoms with Gasteiger partial charge in [-0.15, -0.1) is 0 Å². The zero-order valence-corrected chi connectivity index (χ0v) is 22.5. The molecule has 0 bridgehead atoms. The summed E-state index contributed by atoms with van der Waals surface area (Å²) in [6.45, 7) is 9.82. The van der Waals surface area contributed by atoms with Crippen molar-refractivity contribution < 1.29 is 32.2 Å². The van der Waals surface area contributed by atoms with E-state index in [1.807, 2.05) is 38.1 Å². The number of hydrogen-bond donors (Lipinski definition) is 1. The molecule has 1 aliphatic rings. The summed E-state index contributed by atoms with van der Waals surface area (Å²) in [6.07, 6.45) is 0.425. The third kappa shape index (κ3) is 8.03. The molecule has 38 heavy (non-hydrogen) atoms. The fourth-order valence-electron chi connectivity index (χ4n) is 4.16. The smallest absolute Gasteiger partial charge is 0.410 e. The van der Waals surface area contributed by atoms with Gasteiger partial charge < -0.3 is 24.6 Å². The Morgan fingerprint density at radius 3 is 2.24 bits per heavy atom. The van der Waals surface area contributed by atoms with E-state index in [2.05, 4.69) is 5.32 Å². The van der Waals surface area contributed by atoms with Gasteiger partial charge in [0, 0.05) is 31.2 Å². The zero-order chi connectivity index (χ0) is 28.0. The van der Waals surface area contributed by atoms with Crippen molar-refractivity contribution in [2.45, 2.75) is 78.3 Å². The molecule has 7 nitrogen and oxygen atoms in total. The molecule has 0 radical (unpaired) electrons. The lowest BCUT2D eigenvalue weighted by atomic mass is 10.0. The van der Waals surface area contributed by atoms with Crippen molar-refractivity contribution >= 4 is 12.1 Å². The monoisotopic (exact) mass is 535 g/mol. The molecule has 1 heterocycles. The molecule has 10 heteroatoms. The second kappa shape index (κ2) is 12.4. The number of amides is 3. The van der Waals surface area contributed by atoms with Crippen molar-refractivity contribution in [1.29, 1.82) is 0 Å². The molecule has 0 spiro atoms. The Morgan fingerprint density at radius 2 is 1.66 bits per heavy atom. The molecule has 0 unspecified atom stereocenters. The van der Waals surface area contributed by atoms with Crippen LogP contribution in [-0.2, 0) is 17.8 Å². The Bertz CT molecular complexity index is 1110. The molecule has 208 valence electrons. The van der Waals surface area contributed by atoms with E-state index in [0.717, 1.165) is 17.7 Å². The first kappa shape index (κ1) is 29.1. The van der Waals surface area contributed by atoms with Gasteiger partial charge in [-0.3, -0.25) is 0 Å². The van der Waals surface area contributed by atoms with Crippen LogP contribution >= 0.6 is 0 Å². The number of nitrogens with one attached hydrogen (secondary N) is 1. The summed E-state index contributed by atoms with van der Waals surface area (Å²) in [7, 11) is 0. The molecule has 0 saturated carbocycles. The lowest BCUT2D eigenvalue weighted by molar-refractivity contribution is 0.0160. The van der Waals surface area contributed by atoms with Crippen LogP contribution in [0.1, 0.15) is 58.6 Å². The Kier molecular flexibility index (Phi) is 9.51. The molecule has 2 aromatic carbocycles. The Morgan fingerprint density at radius 1 is 1.03 bits per heavy atom. The van der Waals surface area contributed by atoms with E-state index in [9.17, 15) is 22.8 Å². The normalized spacial score (nSPS) is 14.4. The number of ether oxygens (including phenoxy) is 2. The van der Waals surface area contributed by atoms with E-state index in [-0.39, 0.29) is 30.8 Å². The zero-order valence-electron chi connectivity index (χ0n) is 22.5. The number of halogens is 3. The van der Waals surface area contributed by atoms with Gasteiger partial charge in [-0.05, 0) is 71.2 Å². The van der Waals surface area contributed by atoms with Crippen LogP contribution in [0.4, 0.5) is 22.8 Å². The first-order chi connectivity index (χ1) is 17.8. The van der Waals surface area contributed by atoms with Crippen molar-refractivity contribution in [3.05, 3.63) is 65.0 Å².